The van der Waals surface area contributed by atoms with Gasteiger partial charge in [-0.15, -0.1) is 23.5 Å². The Bertz CT molecular complexity index is 479. The predicted molar refractivity (Wildman–Crippen MR) is 72.2 cm³/mol. The second kappa shape index (κ2) is 5.43. The number of nitrogens with zero attached hydrogens (tertiary/aromatic N) is 1. The molecule has 2 atom stereocenters. The zero-order chi connectivity index (χ0) is 14.2. The van der Waals surface area contributed by atoms with Crippen LogP contribution in [0.25, 0.3) is 0 Å². The minimum atomic E-state index is -1.14. The van der Waals surface area contributed by atoms with Gasteiger partial charge in [-0.2, -0.15) is 0 Å². The molecule has 2 unspecified atom stereocenters. The van der Waals surface area contributed by atoms with Crippen molar-refractivity contribution < 1.29 is 19.5 Å². The summed E-state index contributed by atoms with van der Waals surface area (Å²) in [5.41, 5.74) is 11.3. The molecular weight excluding hydrogens is 290 g/mol. The van der Waals surface area contributed by atoms with E-state index >= 15 is 0 Å². The number of hydrogen-bond acceptors (Lipinski definition) is 6. The summed E-state index contributed by atoms with van der Waals surface area (Å²) in [5.74, 6) is -0.977. The van der Waals surface area contributed by atoms with Crippen molar-refractivity contribution >= 4 is 41.3 Å². The van der Waals surface area contributed by atoms with E-state index in [0.717, 1.165) is 0 Å². The molecule has 0 aromatic carbocycles. The first-order valence-corrected chi connectivity index (χ1v) is 7.65. The fraction of sp³-hybridized carbons (Fsp3) is 0.500. The molecule has 2 aliphatic heterocycles. The number of carboxylic acid groups (broad SMARTS) is 1. The van der Waals surface area contributed by atoms with Crippen LogP contribution in [-0.4, -0.2) is 56.5 Å². The Kier molecular flexibility index (Phi) is 4.07. The molecule has 2 heterocycles. The Labute approximate surface area is 117 Å². The van der Waals surface area contributed by atoms with Crippen LogP contribution in [0, 0.1) is 0 Å². The van der Waals surface area contributed by atoms with Gasteiger partial charge in [0.15, 0.2) is 0 Å². The van der Waals surface area contributed by atoms with Crippen molar-refractivity contribution in [3.63, 3.8) is 0 Å². The number of carbonyl (C=O) groups is 3. The fourth-order valence-corrected chi connectivity index (χ4v) is 4.18. The van der Waals surface area contributed by atoms with Crippen LogP contribution in [0.15, 0.2) is 11.3 Å². The van der Waals surface area contributed by atoms with E-state index < -0.39 is 17.9 Å². The van der Waals surface area contributed by atoms with Gasteiger partial charge in [-0.25, -0.2) is 4.79 Å². The van der Waals surface area contributed by atoms with Gasteiger partial charge in [-0.1, -0.05) is 0 Å². The van der Waals surface area contributed by atoms with E-state index in [1.165, 1.54) is 28.4 Å². The summed E-state index contributed by atoms with van der Waals surface area (Å²) < 4.78 is 0. The SMILES string of the molecule is NC(=O)CSCC1=C(C(=O)O)N2C(=O)C(N)C2SC1. The molecule has 2 rings (SSSR count). The molecule has 2 amide bonds. The number of rotatable bonds is 5. The highest BCUT2D eigenvalue weighted by molar-refractivity contribution is 8.01. The lowest BCUT2D eigenvalue weighted by Crippen LogP contribution is -2.68. The molecule has 5 N–H and O–H groups in total. The zero-order valence-corrected chi connectivity index (χ0v) is 11.5. The largest absolute Gasteiger partial charge is 0.477 e. The van der Waals surface area contributed by atoms with Crippen LogP contribution in [0.2, 0.25) is 0 Å². The number of fused-ring (bicyclic) bond motifs is 1. The van der Waals surface area contributed by atoms with E-state index in [-0.39, 0.29) is 22.7 Å². The molecule has 0 aromatic rings. The van der Waals surface area contributed by atoms with Gasteiger partial charge in [0.1, 0.15) is 17.1 Å². The summed E-state index contributed by atoms with van der Waals surface area (Å²) in [5, 5.41) is 8.95. The van der Waals surface area contributed by atoms with Crippen LogP contribution in [0.3, 0.4) is 0 Å². The van der Waals surface area contributed by atoms with Crippen molar-refractivity contribution in [1.82, 2.24) is 4.90 Å². The highest BCUT2D eigenvalue weighted by Crippen LogP contribution is 2.40. The van der Waals surface area contributed by atoms with Gasteiger partial charge in [0.25, 0.3) is 0 Å². The highest BCUT2D eigenvalue weighted by Gasteiger charge is 2.51. The molecule has 104 valence electrons. The molecule has 19 heavy (non-hydrogen) atoms. The Morgan fingerprint density at radius 1 is 1.53 bits per heavy atom. The van der Waals surface area contributed by atoms with E-state index in [0.29, 0.717) is 17.1 Å². The quantitative estimate of drug-likeness (QED) is 0.544. The second-order valence-electron chi connectivity index (χ2n) is 4.15. The number of thioether (sulfide) groups is 2. The molecule has 9 heteroatoms. The van der Waals surface area contributed by atoms with Crippen molar-refractivity contribution in [1.29, 1.82) is 0 Å². The first-order valence-electron chi connectivity index (χ1n) is 5.45. The lowest BCUT2D eigenvalue weighted by atomic mass is 10.0. The number of carbonyl (C=O) groups excluding carboxylic acids is 2. The number of amides is 2. The smallest absolute Gasteiger partial charge is 0.352 e. The molecule has 0 radical (unpaired) electrons. The van der Waals surface area contributed by atoms with Gasteiger partial charge in [0, 0.05) is 11.5 Å². The monoisotopic (exact) mass is 303 g/mol. The number of aliphatic carboxylic acids is 1. The van der Waals surface area contributed by atoms with E-state index in [1.807, 2.05) is 0 Å². The molecule has 1 saturated heterocycles. The van der Waals surface area contributed by atoms with Crippen LogP contribution >= 0.6 is 23.5 Å². The summed E-state index contributed by atoms with van der Waals surface area (Å²) >= 11 is 2.68. The molecule has 0 aliphatic carbocycles. The average molecular weight is 303 g/mol. The van der Waals surface area contributed by atoms with E-state index in [4.69, 9.17) is 11.5 Å². The molecule has 0 spiro atoms. The molecule has 7 nitrogen and oxygen atoms in total. The molecule has 1 fully saturated rings. The third-order valence-corrected chi connectivity index (χ3v) is 5.21. The van der Waals surface area contributed by atoms with Gasteiger partial charge in [0.05, 0.1) is 5.75 Å². The van der Waals surface area contributed by atoms with E-state index in [1.54, 1.807) is 0 Å². The number of primary amides is 1. The molecule has 0 aromatic heterocycles. The van der Waals surface area contributed by atoms with Gasteiger partial charge in [-0.05, 0) is 5.57 Å². The number of carboxylic acids is 1. The summed E-state index contributed by atoms with van der Waals surface area (Å²) in [6.45, 7) is 0. The third kappa shape index (κ3) is 2.58. The standard InChI is InChI=1S/C10H13N3O4S2/c11-5(14)3-18-1-4-2-19-9-6(12)8(15)13(9)7(4)10(16)17/h6,9H,1-3,12H2,(H2,11,14)(H,16,17). The van der Waals surface area contributed by atoms with Crippen molar-refractivity contribution in [3.8, 4) is 0 Å². The molecule has 0 bridgehead atoms. The van der Waals surface area contributed by atoms with Crippen molar-refractivity contribution in [3.05, 3.63) is 11.3 Å². The van der Waals surface area contributed by atoms with Crippen LogP contribution in [0.1, 0.15) is 0 Å². The lowest BCUT2D eigenvalue weighted by Gasteiger charge is -2.48. The average Bonchev–Trinajstić information content (AvgIpc) is 2.36. The molecule has 0 saturated carbocycles. The van der Waals surface area contributed by atoms with Gasteiger partial charge in [0.2, 0.25) is 11.8 Å². The Balaban J connectivity index is 2.16. The first-order chi connectivity index (χ1) is 8.93. The van der Waals surface area contributed by atoms with Crippen molar-refractivity contribution in [2.24, 2.45) is 11.5 Å². The Morgan fingerprint density at radius 2 is 2.21 bits per heavy atom. The van der Waals surface area contributed by atoms with E-state index in [2.05, 4.69) is 0 Å². The predicted octanol–water partition coefficient (Wildman–Crippen LogP) is -1.21. The number of nitrogens with two attached hydrogens (primary N) is 2. The van der Waals surface area contributed by atoms with Crippen molar-refractivity contribution in [2.75, 3.05) is 17.3 Å². The maximum absolute atomic E-state index is 11.6. The van der Waals surface area contributed by atoms with E-state index in [9.17, 15) is 19.5 Å². The fourth-order valence-electron chi connectivity index (χ4n) is 1.97. The van der Waals surface area contributed by atoms with Crippen LogP contribution in [-0.2, 0) is 14.4 Å². The van der Waals surface area contributed by atoms with Gasteiger partial charge >= 0.3 is 5.97 Å². The van der Waals surface area contributed by atoms with Crippen LogP contribution in [0.4, 0.5) is 0 Å². The highest BCUT2D eigenvalue weighted by atomic mass is 32.2. The summed E-state index contributed by atoms with van der Waals surface area (Å²) in [4.78, 5) is 34.8. The summed E-state index contributed by atoms with van der Waals surface area (Å²) in [6, 6.07) is -0.626. The normalized spacial score (nSPS) is 25.9. The third-order valence-electron chi connectivity index (χ3n) is 2.81. The Morgan fingerprint density at radius 3 is 2.79 bits per heavy atom. The minimum absolute atomic E-state index is 0.00687. The van der Waals surface area contributed by atoms with Crippen LogP contribution < -0.4 is 11.5 Å². The van der Waals surface area contributed by atoms with Crippen LogP contribution in [0.5, 0.6) is 0 Å². The Hall–Kier alpha value is -1.19. The topological polar surface area (TPSA) is 127 Å². The van der Waals surface area contributed by atoms with Crippen molar-refractivity contribution in [2.45, 2.75) is 11.4 Å². The first kappa shape index (κ1) is 14.2. The summed E-state index contributed by atoms with van der Waals surface area (Å²) in [6.07, 6.45) is 0. The zero-order valence-electron chi connectivity index (χ0n) is 9.87. The number of β-lactam (4-membered cyclic amide) rings is 1. The lowest BCUT2D eigenvalue weighted by molar-refractivity contribution is -0.147. The maximum atomic E-state index is 11.6. The second-order valence-corrected chi connectivity index (χ2v) is 6.24. The maximum Gasteiger partial charge on any atom is 0.352 e. The molecular formula is C10H13N3O4S2. The number of hydrogen-bond donors (Lipinski definition) is 3. The molecule has 2 aliphatic rings. The minimum Gasteiger partial charge on any atom is -0.477 e. The van der Waals surface area contributed by atoms with Gasteiger partial charge in [-0.3, -0.25) is 14.5 Å². The van der Waals surface area contributed by atoms with Gasteiger partial charge < -0.3 is 16.6 Å². The summed E-state index contributed by atoms with van der Waals surface area (Å²) in [7, 11) is 0.